The van der Waals surface area contributed by atoms with E-state index in [2.05, 4.69) is 22.0 Å². The minimum atomic E-state index is -0.807. The van der Waals surface area contributed by atoms with Gasteiger partial charge in [-0.1, -0.05) is 23.5 Å². The van der Waals surface area contributed by atoms with E-state index >= 15 is 0 Å². The molecular weight excluding hydrogens is 530 g/mol. The standard InChI is InChI=1S/C30H33N3O6S/c1-18(2)39-29(35)26-19(3)31-30-33(27(26)23-17-22(36-4)10-11-24(23)37-5)28(34)25(40-30)16-20-6-8-21(9-7-20)32-12-14-38-15-13-32/h6-11,16-18,27H,12-15H2,1-5H3/b25-16-/t27-/m0/s1. The Morgan fingerprint density at radius 3 is 2.48 bits per heavy atom. The maximum Gasteiger partial charge on any atom is 0.338 e. The molecule has 0 aliphatic carbocycles. The Hall–Kier alpha value is -3.89. The number of anilines is 1. The van der Waals surface area contributed by atoms with E-state index in [0.29, 0.717) is 45.3 Å². The molecule has 0 spiro atoms. The maximum absolute atomic E-state index is 14.0. The number of hydrogen-bond donors (Lipinski definition) is 0. The summed E-state index contributed by atoms with van der Waals surface area (Å²) in [6.07, 6.45) is 1.52. The first-order valence-corrected chi connectivity index (χ1v) is 14.0. The Balaban J connectivity index is 1.64. The number of morpholine rings is 1. The van der Waals surface area contributed by atoms with Gasteiger partial charge in [0.25, 0.3) is 5.56 Å². The van der Waals surface area contributed by atoms with Crippen molar-refractivity contribution in [1.82, 2.24) is 4.57 Å². The summed E-state index contributed by atoms with van der Waals surface area (Å²) in [5.41, 5.74) is 3.15. The van der Waals surface area contributed by atoms with E-state index in [1.807, 2.05) is 18.2 Å². The third-order valence-corrected chi connectivity index (χ3v) is 7.87. The zero-order valence-corrected chi connectivity index (χ0v) is 24.1. The number of hydrogen-bond acceptors (Lipinski definition) is 9. The highest BCUT2D eigenvalue weighted by Gasteiger charge is 2.35. The fourth-order valence-electron chi connectivity index (χ4n) is 4.96. The molecule has 2 aromatic carbocycles. The smallest absolute Gasteiger partial charge is 0.338 e. The van der Waals surface area contributed by atoms with Crippen molar-refractivity contribution >= 4 is 29.1 Å². The second kappa shape index (κ2) is 11.7. The number of carbonyl (C=O) groups excluding carboxylic acids is 1. The van der Waals surface area contributed by atoms with E-state index in [9.17, 15) is 9.59 Å². The van der Waals surface area contributed by atoms with Gasteiger partial charge >= 0.3 is 5.97 Å². The third-order valence-electron chi connectivity index (χ3n) is 6.88. The fourth-order valence-corrected chi connectivity index (χ4v) is 6.01. The lowest BCUT2D eigenvalue weighted by atomic mass is 9.94. The van der Waals surface area contributed by atoms with Gasteiger partial charge in [-0.25, -0.2) is 9.79 Å². The van der Waals surface area contributed by atoms with Crippen molar-refractivity contribution in [2.24, 2.45) is 4.99 Å². The average Bonchev–Trinajstić information content (AvgIpc) is 3.26. The summed E-state index contributed by atoms with van der Waals surface area (Å²) in [6.45, 7) is 8.47. The highest BCUT2D eigenvalue weighted by atomic mass is 32.1. The molecule has 1 aromatic heterocycles. The fraction of sp³-hybridized carbons (Fsp3) is 0.367. The van der Waals surface area contributed by atoms with Crippen LogP contribution in [0.4, 0.5) is 5.69 Å². The van der Waals surface area contributed by atoms with Gasteiger partial charge in [0.15, 0.2) is 4.80 Å². The molecule has 2 aliphatic heterocycles. The number of thiazole rings is 1. The number of carbonyl (C=O) groups is 1. The summed E-state index contributed by atoms with van der Waals surface area (Å²) in [7, 11) is 3.12. The van der Waals surface area contributed by atoms with Crippen LogP contribution in [0, 0.1) is 0 Å². The third kappa shape index (κ3) is 5.41. The predicted octanol–water partition coefficient (Wildman–Crippen LogP) is 3.04. The lowest BCUT2D eigenvalue weighted by Gasteiger charge is -2.28. The number of ether oxygens (including phenoxy) is 4. The molecule has 1 fully saturated rings. The molecule has 1 atom stereocenters. The molecule has 0 amide bonds. The molecule has 3 heterocycles. The highest BCUT2D eigenvalue weighted by Crippen LogP contribution is 2.38. The number of aromatic nitrogens is 1. The van der Waals surface area contributed by atoms with Crippen LogP contribution in [0.1, 0.15) is 37.9 Å². The van der Waals surface area contributed by atoms with Gasteiger partial charge in [0.05, 0.1) is 49.3 Å². The van der Waals surface area contributed by atoms with Crippen LogP contribution < -0.4 is 29.3 Å². The molecule has 0 radical (unpaired) electrons. The summed E-state index contributed by atoms with van der Waals surface area (Å²) < 4.78 is 24.3. The number of methoxy groups -OCH3 is 2. The van der Waals surface area contributed by atoms with Crippen LogP contribution >= 0.6 is 11.3 Å². The van der Waals surface area contributed by atoms with Crippen molar-refractivity contribution in [3.63, 3.8) is 0 Å². The second-order valence-corrected chi connectivity index (χ2v) is 10.8. The van der Waals surface area contributed by atoms with E-state index < -0.39 is 12.0 Å². The topological polar surface area (TPSA) is 91.6 Å². The number of fused-ring (bicyclic) bond motifs is 1. The molecule has 3 aromatic rings. The quantitative estimate of drug-likeness (QED) is 0.408. The first kappa shape index (κ1) is 27.7. The summed E-state index contributed by atoms with van der Waals surface area (Å²) in [4.78, 5) is 34.8. The zero-order valence-electron chi connectivity index (χ0n) is 23.3. The summed E-state index contributed by atoms with van der Waals surface area (Å²) in [6, 6.07) is 12.6. The van der Waals surface area contributed by atoms with E-state index in [0.717, 1.165) is 24.3 Å². The molecule has 2 aliphatic rings. The van der Waals surface area contributed by atoms with Gasteiger partial charge in [-0.3, -0.25) is 9.36 Å². The van der Waals surface area contributed by atoms with Gasteiger partial charge < -0.3 is 23.8 Å². The van der Waals surface area contributed by atoms with Crippen LogP contribution in [0.5, 0.6) is 11.5 Å². The number of allylic oxidation sites excluding steroid dienone is 1. The average molecular weight is 564 g/mol. The van der Waals surface area contributed by atoms with Crippen LogP contribution in [-0.4, -0.2) is 57.2 Å². The van der Waals surface area contributed by atoms with Gasteiger partial charge in [-0.15, -0.1) is 0 Å². The SMILES string of the molecule is COc1ccc(OC)c([C@H]2C(C(=O)OC(C)C)=C(C)N=c3s/c(=C\c4ccc(N5CCOCC5)cc4)c(=O)n32)c1. The molecule has 1 saturated heterocycles. The molecule has 0 N–H and O–H groups in total. The van der Waals surface area contributed by atoms with E-state index in [1.54, 1.807) is 57.8 Å². The van der Waals surface area contributed by atoms with Gasteiger partial charge in [-0.2, -0.15) is 0 Å². The summed E-state index contributed by atoms with van der Waals surface area (Å²) in [5, 5.41) is 0. The lowest BCUT2D eigenvalue weighted by molar-refractivity contribution is -0.143. The second-order valence-electron chi connectivity index (χ2n) is 9.83. The Bertz CT molecular complexity index is 1610. The molecule has 0 bridgehead atoms. The van der Waals surface area contributed by atoms with Crippen molar-refractivity contribution < 1.29 is 23.7 Å². The zero-order chi connectivity index (χ0) is 28.4. The van der Waals surface area contributed by atoms with E-state index in [1.165, 1.54) is 11.3 Å². The minimum absolute atomic E-state index is 0.252. The van der Waals surface area contributed by atoms with Gasteiger partial charge in [0.1, 0.15) is 17.5 Å². The Morgan fingerprint density at radius 2 is 1.82 bits per heavy atom. The molecular formula is C30H33N3O6S. The number of nitrogens with zero attached hydrogens (tertiary/aromatic N) is 3. The molecule has 210 valence electrons. The molecule has 10 heteroatoms. The number of esters is 1. The van der Waals surface area contributed by atoms with Crippen LogP contribution in [-0.2, 0) is 14.3 Å². The first-order chi connectivity index (χ1) is 19.3. The Kier molecular flexibility index (Phi) is 8.09. The van der Waals surface area contributed by atoms with Crippen molar-refractivity contribution in [3.05, 3.63) is 84.5 Å². The van der Waals surface area contributed by atoms with Crippen molar-refractivity contribution in [3.8, 4) is 11.5 Å². The van der Waals surface area contributed by atoms with Gasteiger partial charge in [-0.05, 0) is 62.7 Å². The van der Waals surface area contributed by atoms with E-state index in [-0.39, 0.29) is 17.2 Å². The molecule has 9 nitrogen and oxygen atoms in total. The molecule has 0 unspecified atom stereocenters. The molecule has 0 saturated carbocycles. The van der Waals surface area contributed by atoms with Gasteiger partial charge in [0, 0.05) is 24.3 Å². The van der Waals surface area contributed by atoms with Crippen molar-refractivity contribution in [2.75, 3.05) is 45.4 Å². The molecule has 40 heavy (non-hydrogen) atoms. The predicted molar refractivity (Wildman–Crippen MR) is 154 cm³/mol. The van der Waals surface area contributed by atoms with Gasteiger partial charge in [0.2, 0.25) is 0 Å². The summed E-state index contributed by atoms with van der Waals surface area (Å²) >= 11 is 1.29. The van der Waals surface area contributed by atoms with Crippen LogP contribution in [0.15, 0.2) is 63.5 Å². The monoisotopic (exact) mass is 563 g/mol. The van der Waals surface area contributed by atoms with E-state index in [4.69, 9.17) is 18.9 Å². The Labute approximate surface area is 236 Å². The normalized spacial score (nSPS) is 17.5. The summed E-state index contributed by atoms with van der Waals surface area (Å²) in [5.74, 6) is 0.562. The lowest BCUT2D eigenvalue weighted by Crippen LogP contribution is -2.40. The van der Waals surface area contributed by atoms with Crippen LogP contribution in [0.25, 0.3) is 6.08 Å². The molecule has 5 rings (SSSR count). The largest absolute Gasteiger partial charge is 0.497 e. The maximum atomic E-state index is 14.0. The van der Waals surface area contributed by atoms with Crippen LogP contribution in [0.3, 0.4) is 0 Å². The van der Waals surface area contributed by atoms with Crippen molar-refractivity contribution in [2.45, 2.75) is 32.9 Å². The minimum Gasteiger partial charge on any atom is -0.497 e. The highest BCUT2D eigenvalue weighted by molar-refractivity contribution is 7.07. The number of rotatable bonds is 7. The van der Waals surface area contributed by atoms with Crippen molar-refractivity contribution in [1.29, 1.82) is 0 Å². The number of benzene rings is 2. The van der Waals surface area contributed by atoms with Crippen LogP contribution in [0.2, 0.25) is 0 Å². The first-order valence-electron chi connectivity index (χ1n) is 13.2. The Morgan fingerprint density at radius 1 is 1.10 bits per heavy atom.